The number of rotatable bonds is 4. The zero-order chi connectivity index (χ0) is 16.5. The van der Waals surface area contributed by atoms with Gasteiger partial charge in [0.05, 0.1) is 12.0 Å². The highest BCUT2D eigenvalue weighted by atomic mass is 35.5. The van der Waals surface area contributed by atoms with Crippen molar-refractivity contribution in [3.05, 3.63) is 18.2 Å². The molecule has 1 aromatic rings. The Morgan fingerprint density at radius 3 is 2.43 bits per heavy atom. The smallest absolute Gasteiger partial charge is 0.246 e. The fourth-order valence-corrected chi connectivity index (χ4v) is 4.78. The van der Waals surface area contributed by atoms with Crippen LogP contribution < -0.4 is 10.1 Å². The zero-order valence-corrected chi connectivity index (χ0v) is 15.6. The van der Waals surface area contributed by atoms with E-state index >= 15 is 0 Å². The first-order chi connectivity index (χ1) is 10.2. The van der Waals surface area contributed by atoms with Gasteiger partial charge in [0.25, 0.3) is 0 Å². The molecular weight excluding hydrogens is 364 g/mol. The van der Waals surface area contributed by atoms with Crippen molar-refractivity contribution in [2.75, 3.05) is 33.0 Å². The highest BCUT2D eigenvalue weighted by Gasteiger charge is 2.31. The second-order valence-corrected chi connectivity index (χ2v) is 9.23. The van der Waals surface area contributed by atoms with E-state index in [4.69, 9.17) is 4.74 Å². The molecule has 1 N–H and O–H groups in total. The van der Waals surface area contributed by atoms with E-state index in [9.17, 15) is 16.8 Å². The molecule has 7 nitrogen and oxygen atoms in total. The van der Waals surface area contributed by atoms with Crippen LogP contribution in [0.3, 0.4) is 0 Å². The van der Waals surface area contributed by atoms with Gasteiger partial charge < -0.3 is 10.1 Å². The molecular formula is C13H21ClN2O5S2. The lowest BCUT2D eigenvalue weighted by molar-refractivity contribution is 0.308. The minimum absolute atomic E-state index is 0. The molecule has 10 heteroatoms. The third kappa shape index (κ3) is 4.36. The van der Waals surface area contributed by atoms with Gasteiger partial charge in [0, 0.05) is 31.9 Å². The second kappa shape index (κ2) is 7.35. The number of ether oxygens (including phenoxy) is 1. The minimum Gasteiger partial charge on any atom is -0.495 e. The highest BCUT2D eigenvalue weighted by molar-refractivity contribution is 7.91. The molecule has 0 amide bonds. The Morgan fingerprint density at radius 1 is 1.26 bits per heavy atom. The van der Waals surface area contributed by atoms with Crippen LogP contribution in [0.15, 0.2) is 28.0 Å². The monoisotopic (exact) mass is 384 g/mol. The summed E-state index contributed by atoms with van der Waals surface area (Å²) in [5.74, 6) is 0.138. The van der Waals surface area contributed by atoms with Crippen LogP contribution in [0.2, 0.25) is 0 Å². The number of piperazine rings is 1. The van der Waals surface area contributed by atoms with Crippen LogP contribution in [0, 0.1) is 0 Å². The van der Waals surface area contributed by atoms with E-state index in [0.717, 1.165) is 12.3 Å². The molecule has 132 valence electrons. The lowest BCUT2D eigenvalue weighted by Gasteiger charge is -2.31. The molecule has 1 aliphatic rings. The summed E-state index contributed by atoms with van der Waals surface area (Å²) in [5, 5.41) is 3.17. The van der Waals surface area contributed by atoms with E-state index in [0.29, 0.717) is 19.6 Å². The van der Waals surface area contributed by atoms with Crippen molar-refractivity contribution in [2.45, 2.75) is 22.8 Å². The Labute approximate surface area is 143 Å². The van der Waals surface area contributed by atoms with Crippen molar-refractivity contribution in [3.63, 3.8) is 0 Å². The summed E-state index contributed by atoms with van der Waals surface area (Å²) < 4.78 is 55.4. The molecule has 1 atom stereocenters. The fraction of sp³-hybridized carbons (Fsp3) is 0.538. The van der Waals surface area contributed by atoms with Crippen molar-refractivity contribution >= 4 is 32.3 Å². The van der Waals surface area contributed by atoms with E-state index in [1.807, 2.05) is 6.92 Å². The Hall–Kier alpha value is -0.870. The number of nitrogens with zero attached hydrogens (tertiary/aromatic N) is 1. The standard InChI is InChI=1S/C13H20N2O5S2.ClH/c1-10-9-15(7-6-14-10)22(18,19)13-8-11(21(3,16)17)4-5-12(13)20-2;/h4-5,8,10,14H,6-7,9H2,1-3H3;1H/t10-;/m0./s1. The molecule has 0 unspecified atom stereocenters. The van der Waals surface area contributed by atoms with Gasteiger partial charge in [-0.25, -0.2) is 16.8 Å². The van der Waals surface area contributed by atoms with Crippen LogP contribution in [-0.4, -0.2) is 60.2 Å². The summed E-state index contributed by atoms with van der Waals surface area (Å²) in [6.07, 6.45) is 1.04. The van der Waals surface area contributed by atoms with Crippen LogP contribution in [0.5, 0.6) is 5.75 Å². The molecule has 0 aliphatic carbocycles. The van der Waals surface area contributed by atoms with Crippen LogP contribution >= 0.6 is 12.4 Å². The molecule has 0 bridgehead atoms. The maximum absolute atomic E-state index is 12.8. The minimum atomic E-state index is -3.82. The van der Waals surface area contributed by atoms with Crippen LogP contribution in [0.1, 0.15) is 6.92 Å². The van der Waals surface area contributed by atoms with Crippen molar-refractivity contribution < 1.29 is 21.6 Å². The quantitative estimate of drug-likeness (QED) is 0.812. The van der Waals surface area contributed by atoms with Crippen LogP contribution in [-0.2, 0) is 19.9 Å². The fourth-order valence-electron chi connectivity index (χ4n) is 2.34. The summed E-state index contributed by atoms with van der Waals surface area (Å²) in [6, 6.07) is 3.91. The first-order valence-corrected chi connectivity index (χ1v) is 10.1. The highest BCUT2D eigenvalue weighted by Crippen LogP contribution is 2.29. The normalized spacial score (nSPS) is 19.9. The zero-order valence-electron chi connectivity index (χ0n) is 13.1. The Morgan fingerprint density at radius 2 is 1.91 bits per heavy atom. The third-order valence-corrected chi connectivity index (χ3v) is 6.51. The van der Waals surface area contributed by atoms with E-state index in [-0.39, 0.29) is 34.0 Å². The number of methoxy groups -OCH3 is 1. The summed E-state index contributed by atoms with van der Waals surface area (Å²) in [6.45, 7) is 3.10. The molecule has 23 heavy (non-hydrogen) atoms. The molecule has 0 radical (unpaired) electrons. The van der Waals surface area contributed by atoms with Gasteiger partial charge in [-0.2, -0.15) is 4.31 Å². The first-order valence-electron chi connectivity index (χ1n) is 6.78. The maximum Gasteiger partial charge on any atom is 0.246 e. The predicted octanol–water partition coefficient (Wildman–Crippen LogP) is 0.503. The Kier molecular flexibility index (Phi) is 6.45. The average Bonchev–Trinajstić information content (AvgIpc) is 2.45. The van der Waals surface area contributed by atoms with E-state index in [1.165, 1.54) is 23.5 Å². The summed E-state index contributed by atoms with van der Waals surface area (Å²) >= 11 is 0. The molecule has 1 saturated heterocycles. The number of hydrogen-bond acceptors (Lipinski definition) is 6. The first kappa shape index (κ1) is 20.2. The molecule has 0 spiro atoms. The SMILES string of the molecule is COc1ccc(S(C)(=O)=O)cc1S(=O)(=O)N1CCN[C@@H](C)C1.Cl. The largest absolute Gasteiger partial charge is 0.495 e. The molecule has 1 fully saturated rings. The summed E-state index contributed by atoms with van der Waals surface area (Å²) in [5.41, 5.74) is 0. The molecule has 2 rings (SSSR count). The van der Waals surface area contributed by atoms with Gasteiger partial charge >= 0.3 is 0 Å². The van der Waals surface area contributed by atoms with Crippen molar-refractivity contribution in [3.8, 4) is 5.75 Å². The Balaban J connectivity index is 0.00000264. The van der Waals surface area contributed by atoms with Gasteiger partial charge in [0.1, 0.15) is 10.6 Å². The number of halogens is 1. The summed E-state index contributed by atoms with van der Waals surface area (Å²) in [4.78, 5) is -0.165. The third-order valence-electron chi connectivity index (χ3n) is 3.51. The lowest BCUT2D eigenvalue weighted by Crippen LogP contribution is -2.51. The lowest BCUT2D eigenvalue weighted by atomic mass is 10.3. The van der Waals surface area contributed by atoms with Gasteiger partial charge in [-0.1, -0.05) is 0 Å². The molecule has 1 heterocycles. The molecule has 0 saturated carbocycles. The van der Waals surface area contributed by atoms with Gasteiger partial charge in [0.2, 0.25) is 10.0 Å². The second-order valence-electron chi connectivity index (χ2n) is 5.30. The Bertz CT molecular complexity index is 765. The van der Waals surface area contributed by atoms with Crippen molar-refractivity contribution in [1.29, 1.82) is 0 Å². The number of sulfonamides is 1. The average molecular weight is 385 g/mol. The summed E-state index contributed by atoms with van der Waals surface area (Å²) in [7, 11) is -5.96. The number of benzene rings is 1. The number of hydrogen-bond donors (Lipinski definition) is 1. The number of sulfone groups is 1. The molecule has 1 aliphatic heterocycles. The van der Waals surface area contributed by atoms with Gasteiger partial charge in [-0.05, 0) is 25.1 Å². The van der Waals surface area contributed by atoms with Gasteiger partial charge in [0.15, 0.2) is 9.84 Å². The van der Waals surface area contributed by atoms with Crippen molar-refractivity contribution in [2.24, 2.45) is 0 Å². The molecule has 0 aromatic heterocycles. The van der Waals surface area contributed by atoms with Gasteiger partial charge in [-0.3, -0.25) is 0 Å². The van der Waals surface area contributed by atoms with E-state index in [1.54, 1.807) is 0 Å². The van der Waals surface area contributed by atoms with Crippen LogP contribution in [0.25, 0.3) is 0 Å². The van der Waals surface area contributed by atoms with E-state index < -0.39 is 19.9 Å². The molecule has 1 aromatic carbocycles. The maximum atomic E-state index is 12.8. The van der Waals surface area contributed by atoms with Crippen molar-refractivity contribution in [1.82, 2.24) is 9.62 Å². The van der Waals surface area contributed by atoms with Gasteiger partial charge in [-0.15, -0.1) is 12.4 Å². The predicted molar refractivity (Wildman–Crippen MR) is 89.6 cm³/mol. The van der Waals surface area contributed by atoms with Crippen LogP contribution in [0.4, 0.5) is 0 Å². The van der Waals surface area contributed by atoms with E-state index in [2.05, 4.69) is 5.32 Å². The number of nitrogens with one attached hydrogen (secondary N) is 1. The topological polar surface area (TPSA) is 92.8 Å².